The molecule has 0 aromatic carbocycles. The molecule has 1 rings (SSSR count). The molecule has 0 spiro atoms. The number of ketones is 1. The fourth-order valence-electron chi connectivity index (χ4n) is 2.84. The molecule has 4 atom stereocenters. The number of carbonyl (C=O) groups excluding carboxylic acids is 1. The van der Waals surface area contributed by atoms with Gasteiger partial charge in [0.15, 0.2) is 0 Å². The summed E-state index contributed by atoms with van der Waals surface area (Å²) in [5.74, 6) is 1.37. The van der Waals surface area contributed by atoms with Crippen molar-refractivity contribution < 1.29 is 24.9 Å². The number of thioether (sulfide) groups is 2. The van der Waals surface area contributed by atoms with Gasteiger partial charge in [0.2, 0.25) is 0 Å². The summed E-state index contributed by atoms with van der Waals surface area (Å²) in [6, 6.07) is 0. The molecule has 1 saturated carbocycles. The van der Waals surface area contributed by atoms with E-state index < -0.39 is 18.2 Å². The van der Waals surface area contributed by atoms with Crippen LogP contribution in [0.3, 0.4) is 0 Å². The number of hydrogen-bond acceptors (Lipinski definition) is 6. The van der Waals surface area contributed by atoms with Gasteiger partial charge >= 0.3 is 5.97 Å². The first-order chi connectivity index (χ1) is 12.0. The normalized spacial score (nSPS) is 24.9. The highest BCUT2D eigenvalue weighted by atomic mass is 32.2. The lowest BCUT2D eigenvalue weighted by molar-refractivity contribution is -0.134. The quantitative estimate of drug-likeness (QED) is 0.329. The Kier molecular flexibility index (Phi) is 11.5. The molecule has 0 aliphatic heterocycles. The molecule has 0 aromatic heterocycles. The Morgan fingerprint density at radius 1 is 1.32 bits per heavy atom. The van der Waals surface area contributed by atoms with E-state index in [4.69, 9.17) is 5.11 Å². The SMILES string of the molecule is CCCC[C@H](O)/C=C/[C@H]1[C@H](O)CC(=O)[C@@H]1CSCCCSCC(=O)O. The van der Waals surface area contributed by atoms with Crippen LogP contribution in [0.2, 0.25) is 0 Å². The Hall–Kier alpha value is -0.500. The number of rotatable bonds is 13. The Bertz CT molecular complexity index is 441. The van der Waals surface area contributed by atoms with Crippen LogP contribution in [-0.4, -0.2) is 62.3 Å². The number of carboxylic acids is 1. The van der Waals surface area contributed by atoms with E-state index in [1.165, 1.54) is 11.8 Å². The summed E-state index contributed by atoms with van der Waals surface area (Å²) in [6.45, 7) is 2.07. The molecule has 0 amide bonds. The monoisotopic (exact) mass is 390 g/mol. The highest BCUT2D eigenvalue weighted by molar-refractivity contribution is 8.00. The molecule has 1 aliphatic rings. The highest BCUT2D eigenvalue weighted by Gasteiger charge is 2.39. The molecule has 7 heteroatoms. The molecular formula is C18H30O5S2. The number of hydrogen-bond donors (Lipinski definition) is 3. The summed E-state index contributed by atoms with van der Waals surface area (Å²) in [5, 5.41) is 28.6. The van der Waals surface area contributed by atoms with Gasteiger partial charge in [-0.3, -0.25) is 9.59 Å². The van der Waals surface area contributed by atoms with Crippen molar-refractivity contribution in [3.8, 4) is 0 Å². The number of unbranched alkanes of at least 4 members (excludes halogenated alkanes) is 1. The molecule has 25 heavy (non-hydrogen) atoms. The summed E-state index contributed by atoms with van der Waals surface area (Å²) in [6.07, 6.45) is 6.17. The van der Waals surface area contributed by atoms with E-state index in [1.54, 1.807) is 17.8 Å². The molecule has 0 heterocycles. The second-order valence-corrected chi connectivity index (χ2v) is 8.65. The van der Waals surface area contributed by atoms with E-state index in [1.807, 2.05) is 6.08 Å². The van der Waals surface area contributed by atoms with Crippen LogP contribution in [0.5, 0.6) is 0 Å². The Balaban J connectivity index is 2.35. The molecule has 0 radical (unpaired) electrons. The fraction of sp³-hybridized carbons (Fsp3) is 0.778. The molecule has 0 aromatic rings. The minimum Gasteiger partial charge on any atom is -0.481 e. The lowest BCUT2D eigenvalue weighted by Gasteiger charge is -2.17. The average molecular weight is 391 g/mol. The predicted octanol–water partition coefficient (Wildman–Crippen LogP) is 2.60. The van der Waals surface area contributed by atoms with Gasteiger partial charge in [-0.25, -0.2) is 0 Å². The van der Waals surface area contributed by atoms with Gasteiger partial charge in [0, 0.05) is 24.0 Å². The zero-order chi connectivity index (χ0) is 18.7. The number of carboxylic acid groups (broad SMARTS) is 1. The van der Waals surface area contributed by atoms with E-state index in [2.05, 4.69) is 6.92 Å². The lowest BCUT2D eigenvalue weighted by Crippen LogP contribution is -2.21. The van der Waals surface area contributed by atoms with Gasteiger partial charge in [-0.2, -0.15) is 23.5 Å². The standard InChI is InChI=1S/C18H30O5S2/c1-2-3-5-13(19)6-7-14-15(17(21)10-16(14)20)11-24-8-4-9-25-12-18(22)23/h6-7,13-16,19-20H,2-5,8-12H2,1H3,(H,22,23)/b7-6+/t13-,14+,15+,16+/m0/s1. The molecule has 5 nitrogen and oxygen atoms in total. The second-order valence-electron chi connectivity index (χ2n) is 6.39. The van der Waals surface area contributed by atoms with Crippen LogP contribution in [0.25, 0.3) is 0 Å². The third-order valence-electron chi connectivity index (χ3n) is 4.24. The molecule has 1 fully saturated rings. The molecule has 0 saturated heterocycles. The average Bonchev–Trinajstić information content (AvgIpc) is 2.83. The van der Waals surface area contributed by atoms with Crippen molar-refractivity contribution in [1.29, 1.82) is 0 Å². The fourth-order valence-corrected chi connectivity index (χ4v) is 4.87. The van der Waals surface area contributed by atoms with E-state index >= 15 is 0 Å². The van der Waals surface area contributed by atoms with E-state index in [-0.39, 0.29) is 29.8 Å². The van der Waals surface area contributed by atoms with Gasteiger partial charge in [0.25, 0.3) is 0 Å². The van der Waals surface area contributed by atoms with Gasteiger partial charge in [-0.1, -0.05) is 31.9 Å². The Morgan fingerprint density at radius 3 is 2.72 bits per heavy atom. The van der Waals surface area contributed by atoms with Crippen molar-refractivity contribution in [3.63, 3.8) is 0 Å². The van der Waals surface area contributed by atoms with Gasteiger partial charge in [-0.05, 0) is 24.3 Å². The van der Waals surface area contributed by atoms with Gasteiger partial charge in [0.1, 0.15) is 5.78 Å². The van der Waals surface area contributed by atoms with Crippen LogP contribution < -0.4 is 0 Å². The third kappa shape index (κ3) is 9.13. The molecule has 1 aliphatic carbocycles. The van der Waals surface area contributed by atoms with Crippen LogP contribution in [0.15, 0.2) is 12.2 Å². The second kappa shape index (κ2) is 12.8. The van der Waals surface area contributed by atoms with Crippen LogP contribution in [0, 0.1) is 11.8 Å². The first kappa shape index (κ1) is 22.5. The van der Waals surface area contributed by atoms with Gasteiger partial charge < -0.3 is 15.3 Å². The number of carbonyl (C=O) groups is 2. The van der Waals surface area contributed by atoms with Crippen molar-refractivity contribution in [2.24, 2.45) is 11.8 Å². The molecule has 144 valence electrons. The minimum atomic E-state index is -0.793. The van der Waals surface area contributed by atoms with Gasteiger partial charge in [0.05, 0.1) is 18.0 Å². The maximum Gasteiger partial charge on any atom is 0.313 e. The van der Waals surface area contributed by atoms with Crippen molar-refractivity contribution >= 4 is 35.3 Å². The molecule has 3 N–H and O–H groups in total. The first-order valence-electron chi connectivity index (χ1n) is 8.90. The Labute approximate surface area is 158 Å². The minimum absolute atomic E-state index is 0.0953. The van der Waals surface area contributed by atoms with E-state index in [9.17, 15) is 19.8 Å². The van der Waals surface area contributed by atoms with Gasteiger partial charge in [-0.15, -0.1) is 0 Å². The van der Waals surface area contributed by atoms with Crippen LogP contribution in [0.1, 0.15) is 39.0 Å². The third-order valence-corrected chi connectivity index (χ3v) is 6.44. The van der Waals surface area contributed by atoms with Crippen molar-refractivity contribution in [1.82, 2.24) is 0 Å². The van der Waals surface area contributed by atoms with Crippen molar-refractivity contribution in [3.05, 3.63) is 12.2 Å². The summed E-state index contributed by atoms with van der Waals surface area (Å²) >= 11 is 3.08. The number of aliphatic hydroxyl groups is 2. The predicted molar refractivity (Wildman–Crippen MR) is 104 cm³/mol. The lowest BCUT2D eigenvalue weighted by atomic mass is 9.94. The van der Waals surface area contributed by atoms with Crippen LogP contribution in [-0.2, 0) is 9.59 Å². The first-order valence-corrected chi connectivity index (χ1v) is 11.2. The number of Topliss-reactive ketones (excluding diaryl/α,β-unsaturated/α-hetero) is 1. The Morgan fingerprint density at radius 2 is 2.04 bits per heavy atom. The maximum atomic E-state index is 12.1. The van der Waals surface area contributed by atoms with E-state index in [0.29, 0.717) is 12.2 Å². The summed E-state index contributed by atoms with van der Waals surface area (Å²) < 4.78 is 0. The maximum absolute atomic E-state index is 12.1. The van der Waals surface area contributed by atoms with Crippen molar-refractivity contribution in [2.75, 3.05) is 23.0 Å². The zero-order valence-corrected chi connectivity index (χ0v) is 16.4. The number of aliphatic hydroxyl groups excluding tert-OH is 2. The summed E-state index contributed by atoms with van der Waals surface area (Å²) in [4.78, 5) is 22.5. The summed E-state index contributed by atoms with van der Waals surface area (Å²) in [7, 11) is 0. The number of aliphatic carboxylic acids is 1. The molecular weight excluding hydrogens is 360 g/mol. The van der Waals surface area contributed by atoms with E-state index in [0.717, 1.165) is 30.8 Å². The van der Waals surface area contributed by atoms with Crippen LogP contribution >= 0.6 is 23.5 Å². The molecule has 0 bridgehead atoms. The highest BCUT2D eigenvalue weighted by Crippen LogP contribution is 2.33. The van der Waals surface area contributed by atoms with Crippen molar-refractivity contribution in [2.45, 2.75) is 51.2 Å². The smallest absolute Gasteiger partial charge is 0.313 e. The summed E-state index contributed by atoms with van der Waals surface area (Å²) in [5.41, 5.74) is 0. The van der Waals surface area contributed by atoms with Crippen LogP contribution in [0.4, 0.5) is 0 Å². The topological polar surface area (TPSA) is 94.8 Å². The zero-order valence-electron chi connectivity index (χ0n) is 14.8. The largest absolute Gasteiger partial charge is 0.481 e. The molecule has 0 unspecified atom stereocenters.